The third-order valence-corrected chi connectivity index (χ3v) is 5.75. The van der Waals surface area contributed by atoms with Gasteiger partial charge in [0.15, 0.2) is 0 Å². The van der Waals surface area contributed by atoms with Gasteiger partial charge in [-0.1, -0.05) is 0 Å². The van der Waals surface area contributed by atoms with Crippen molar-refractivity contribution in [2.24, 2.45) is 0 Å². The lowest BCUT2D eigenvalue weighted by Crippen LogP contribution is -2.63. The van der Waals surface area contributed by atoms with Gasteiger partial charge in [-0.15, -0.1) is 0 Å². The van der Waals surface area contributed by atoms with Crippen LogP contribution in [0.2, 0.25) is 0 Å². The van der Waals surface area contributed by atoms with Crippen LogP contribution in [0.4, 0.5) is 0 Å². The van der Waals surface area contributed by atoms with Gasteiger partial charge in [-0.2, -0.15) is 0 Å². The predicted molar refractivity (Wildman–Crippen MR) is 63.8 cm³/mol. The molecule has 4 heteroatoms. The van der Waals surface area contributed by atoms with Gasteiger partial charge in [-0.3, -0.25) is 0 Å². The lowest BCUT2D eigenvalue weighted by atomic mass is 9.50. The summed E-state index contributed by atoms with van der Waals surface area (Å²) in [4.78, 5) is 0. The van der Waals surface area contributed by atoms with E-state index in [2.05, 4.69) is 0 Å². The van der Waals surface area contributed by atoms with E-state index in [1.54, 1.807) is 0 Å². The van der Waals surface area contributed by atoms with Crippen LogP contribution in [-0.2, 0) is 0 Å². The maximum atomic E-state index is 10.8. The van der Waals surface area contributed by atoms with Gasteiger partial charge >= 0.3 is 0 Å². The molecule has 4 bridgehead atoms. The summed E-state index contributed by atoms with van der Waals surface area (Å²) in [7, 11) is 0. The van der Waals surface area contributed by atoms with E-state index in [1.165, 1.54) is 0 Å². The Bertz CT molecular complexity index is 430. The third kappa shape index (κ3) is 1.24. The van der Waals surface area contributed by atoms with Crippen molar-refractivity contribution in [2.45, 2.75) is 73.8 Å². The molecule has 0 amide bonds. The van der Waals surface area contributed by atoms with E-state index in [0.29, 0.717) is 51.4 Å². The summed E-state index contributed by atoms with van der Waals surface area (Å²) in [6.07, 6.45) is 3.70. The molecule has 4 atom stereocenters. The molecule has 100 valence electrons. The molecule has 0 heterocycles. The van der Waals surface area contributed by atoms with Crippen LogP contribution in [0.3, 0.4) is 0 Å². The van der Waals surface area contributed by atoms with Gasteiger partial charge in [0.1, 0.15) is 0 Å². The fourth-order valence-corrected chi connectivity index (χ4v) is 4.90. The van der Waals surface area contributed by atoms with Crippen molar-refractivity contribution in [3.63, 3.8) is 0 Å². The molecule has 18 heavy (non-hydrogen) atoms. The van der Waals surface area contributed by atoms with Crippen molar-refractivity contribution in [2.75, 3.05) is 0 Å². The van der Waals surface area contributed by atoms with Crippen molar-refractivity contribution < 1.29 is 20.4 Å². The van der Waals surface area contributed by atoms with Crippen LogP contribution in [0.5, 0.6) is 0 Å². The molecule has 4 nitrogen and oxygen atoms in total. The summed E-state index contributed by atoms with van der Waals surface area (Å²) in [5.41, 5.74) is -2.05. The minimum Gasteiger partial charge on any atom is -0.389 e. The first kappa shape index (κ1) is 11.4. The van der Waals surface area contributed by atoms with Crippen molar-refractivity contribution >= 4 is 0 Å². The Morgan fingerprint density at radius 1 is 0.611 bits per heavy atom. The van der Waals surface area contributed by atoms with Crippen LogP contribution in [0.1, 0.15) is 51.4 Å². The van der Waals surface area contributed by atoms with Crippen molar-refractivity contribution in [3.8, 4) is 0 Å². The molecule has 0 radical (unpaired) electrons. The Labute approximate surface area is 106 Å². The van der Waals surface area contributed by atoms with Gasteiger partial charge in [-0.25, -0.2) is 0 Å². The summed E-state index contributed by atoms with van der Waals surface area (Å²) in [5, 5.41) is 42.7. The van der Waals surface area contributed by atoms with Crippen molar-refractivity contribution in [1.82, 2.24) is 0 Å². The lowest BCUT2D eigenvalue weighted by molar-refractivity contribution is -0.169. The van der Waals surface area contributed by atoms with E-state index >= 15 is 0 Å². The molecule has 0 spiro atoms. The Morgan fingerprint density at radius 3 is 1.39 bits per heavy atom. The quantitative estimate of drug-likeness (QED) is 0.470. The Kier molecular flexibility index (Phi) is 1.81. The van der Waals surface area contributed by atoms with Gasteiger partial charge in [0.25, 0.3) is 0 Å². The van der Waals surface area contributed by atoms with Crippen LogP contribution in [0.25, 0.3) is 0 Å². The van der Waals surface area contributed by atoms with E-state index in [0.717, 1.165) is 11.1 Å². The van der Waals surface area contributed by atoms with Gasteiger partial charge < -0.3 is 20.4 Å². The smallest absolute Gasteiger partial charge is 0.0890 e. The third-order valence-electron chi connectivity index (χ3n) is 5.75. The molecular weight excluding hydrogens is 232 g/mol. The highest BCUT2D eigenvalue weighted by Gasteiger charge is 2.62. The summed E-state index contributed by atoms with van der Waals surface area (Å²) in [5.74, 6) is 0. The first-order valence-corrected chi connectivity index (χ1v) is 6.89. The predicted octanol–water partition coefficient (Wildman–Crippen LogP) is 0.383. The highest BCUT2D eigenvalue weighted by atomic mass is 16.3. The normalized spacial score (nSPS) is 58.0. The maximum absolute atomic E-state index is 10.8. The molecule has 0 aromatic rings. The van der Waals surface area contributed by atoms with Gasteiger partial charge in [0.05, 0.1) is 22.4 Å². The van der Waals surface area contributed by atoms with Crippen LogP contribution in [0.15, 0.2) is 11.1 Å². The second-order valence-electron chi connectivity index (χ2n) is 7.18. The molecule has 4 rings (SSSR count). The summed E-state index contributed by atoms with van der Waals surface area (Å²) >= 11 is 0. The molecule has 0 aliphatic heterocycles. The minimum absolute atomic E-state index is 0.366. The van der Waals surface area contributed by atoms with Crippen molar-refractivity contribution in [1.29, 1.82) is 0 Å². The van der Waals surface area contributed by atoms with Crippen LogP contribution >= 0.6 is 0 Å². The number of fused-ring (bicyclic) bond motifs is 2. The summed E-state index contributed by atoms with van der Waals surface area (Å²) in [6.45, 7) is 0. The van der Waals surface area contributed by atoms with Gasteiger partial charge in [-0.05, 0) is 36.8 Å². The number of hydrogen-bond donors (Lipinski definition) is 4. The summed E-state index contributed by atoms with van der Waals surface area (Å²) < 4.78 is 0. The first-order valence-electron chi connectivity index (χ1n) is 6.89. The van der Waals surface area contributed by atoms with E-state index in [1.807, 2.05) is 0 Å². The molecule has 4 aliphatic rings. The van der Waals surface area contributed by atoms with Crippen LogP contribution < -0.4 is 0 Å². The van der Waals surface area contributed by atoms with Gasteiger partial charge in [0.2, 0.25) is 0 Å². The second-order valence-corrected chi connectivity index (χ2v) is 7.18. The Hall–Kier alpha value is -0.420. The largest absolute Gasteiger partial charge is 0.389 e. The zero-order valence-corrected chi connectivity index (χ0v) is 10.4. The van der Waals surface area contributed by atoms with Crippen molar-refractivity contribution in [3.05, 3.63) is 11.1 Å². The maximum Gasteiger partial charge on any atom is 0.0890 e. The average molecular weight is 252 g/mol. The SMILES string of the molecule is OC12CCC3(O)CC4(O)CCC(O)(C1)C(=C3C2)C4. The number of rotatable bonds is 0. The molecule has 4 unspecified atom stereocenters. The van der Waals surface area contributed by atoms with Gasteiger partial charge in [0, 0.05) is 25.7 Å². The highest BCUT2D eigenvalue weighted by molar-refractivity contribution is 5.44. The monoisotopic (exact) mass is 252 g/mol. The fraction of sp³-hybridized carbons (Fsp3) is 0.857. The Morgan fingerprint density at radius 2 is 1.00 bits per heavy atom. The summed E-state index contributed by atoms with van der Waals surface area (Å²) in [6, 6.07) is 0. The lowest BCUT2D eigenvalue weighted by Gasteiger charge is -2.61. The molecular formula is C14H20O4. The molecule has 0 aromatic carbocycles. The molecule has 2 saturated carbocycles. The zero-order valence-electron chi connectivity index (χ0n) is 10.4. The van der Waals surface area contributed by atoms with E-state index in [4.69, 9.17) is 0 Å². The highest BCUT2D eigenvalue weighted by Crippen LogP contribution is 2.61. The van der Waals surface area contributed by atoms with Crippen LogP contribution in [-0.4, -0.2) is 42.8 Å². The molecule has 4 N–H and O–H groups in total. The van der Waals surface area contributed by atoms with E-state index < -0.39 is 22.4 Å². The molecule has 0 aromatic heterocycles. The fourth-order valence-electron chi connectivity index (χ4n) is 4.90. The Balaban J connectivity index is 1.96. The standard InChI is InChI=1S/C14H20O4/c15-11-1-3-13(17)8-12(16)2-4-14(18,7-11)10(6-12)9(13)5-11/h15-18H,1-8H2. The average Bonchev–Trinajstić information content (AvgIpc) is 2.26. The van der Waals surface area contributed by atoms with Crippen LogP contribution in [0, 0.1) is 0 Å². The topological polar surface area (TPSA) is 80.9 Å². The number of aliphatic hydroxyl groups is 4. The van der Waals surface area contributed by atoms with E-state index in [-0.39, 0.29) is 0 Å². The zero-order chi connectivity index (χ0) is 12.8. The number of hydrogen-bond acceptors (Lipinski definition) is 4. The van der Waals surface area contributed by atoms with E-state index in [9.17, 15) is 20.4 Å². The molecule has 2 fully saturated rings. The first-order chi connectivity index (χ1) is 8.26. The molecule has 0 saturated heterocycles. The minimum atomic E-state index is -0.997. The molecule has 4 aliphatic carbocycles. The second kappa shape index (κ2) is 2.85.